The van der Waals surface area contributed by atoms with Crippen LogP contribution in [0.25, 0.3) is 0 Å². The fourth-order valence-electron chi connectivity index (χ4n) is 1.01. The van der Waals surface area contributed by atoms with E-state index in [0.29, 0.717) is 0 Å². The number of halogens is 1. The summed E-state index contributed by atoms with van der Waals surface area (Å²) in [4.78, 5) is 0. The second kappa shape index (κ2) is 9.08. The van der Waals surface area contributed by atoms with Crippen LogP contribution in [0, 0.1) is 0 Å². The van der Waals surface area contributed by atoms with E-state index in [4.69, 9.17) is 11.6 Å². The standard InChI is InChI=1S/C7H8Cl.C5H5.Fe/c8-6-5-7-3-1-2-4-7;1-2-4-5-3-1;/h1-4H,5-6H2;1-5H;/q2*-1;+2. The first-order chi connectivity index (χ1) is 6.43. The fraction of sp³-hybridized carbons (Fsp3) is 0.167. The molecular weight excluding hydrogens is 235 g/mol. The monoisotopic (exact) mass is 248 g/mol. The van der Waals surface area contributed by atoms with Crippen molar-refractivity contribution in [3.05, 3.63) is 60.2 Å². The minimum Gasteiger partial charge on any atom is -0.214 e. The van der Waals surface area contributed by atoms with Crippen LogP contribution in [0.15, 0.2) is 54.6 Å². The molecule has 0 heterocycles. The van der Waals surface area contributed by atoms with Gasteiger partial charge in [0.1, 0.15) is 0 Å². The van der Waals surface area contributed by atoms with Gasteiger partial charge in [-0.1, -0.05) is 6.42 Å². The van der Waals surface area contributed by atoms with Crippen molar-refractivity contribution >= 4 is 11.6 Å². The molecule has 0 radical (unpaired) electrons. The molecule has 0 unspecified atom stereocenters. The van der Waals surface area contributed by atoms with Gasteiger partial charge in [-0.15, -0.1) is 11.6 Å². The van der Waals surface area contributed by atoms with Gasteiger partial charge in [-0.25, -0.2) is 24.3 Å². The maximum absolute atomic E-state index is 5.49. The van der Waals surface area contributed by atoms with Gasteiger partial charge in [0, 0.05) is 5.88 Å². The van der Waals surface area contributed by atoms with Crippen molar-refractivity contribution in [3.63, 3.8) is 0 Å². The maximum atomic E-state index is 5.49. The van der Waals surface area contributed by atoms with Crippen LogP contribution in [0.2, 0.25) is 0 Å². The quantitative estimate of drug-likeness (QED) is 0.433. The molecular formula is C12H13ClFe. The van der Waals surface area contributed by atoms with E-state index in [0.717, 1.165) is 12.3 Å². The third-order valence-corrected chi connectivity index (χ3v) is 1.86. The predicted molar refractivity (Wildman–Crippen MR) is 58.5 cm³/mol. The van der Waals surface area contributed by atoms with E-state index in [-0.39, 0.29) is 17.1 Å². The van der Waals surface area contributed by atoms with Gasteiger partial charge in [0.05, 0.1) is 0 Å². The van der Waals surface area contributed by atoms with Crippen molar-refractivity contribution in [2.45, 2.75) is 6.42 Å². The Kier molecular flexibility index (Phi) is 8.76. The fourth-order valence-corrected chi connectivity index (χ4v) is 1.23. The number of hydrogen-bond donors (Lipinski definition) is 0. The minimum atomic E-state index is 0. The van der Waals surface area contributed by atoms with Crippen LogP contribution in [-0.2, 0) is 23.5 Å². The van der Waals surface area contributed by atoms with Gasteiger partial charge in [0.25, 0.3) is 0 Å². The first kappa shape index (κ1) is 13.5. The molecule has 2 heteroatoms. The Morgan fingerprint density at radius 2 is 1.57 bits per heavy atom. The van der Waals surface area contributed by atoms with Gasteiger partial charge >= 0.3 is 17.1 Å². The van der Waals surface area contributed by atoms with Crippen LogP contribution in [-0.4, -0.2) is 5.88 Å². The van der Waals surface area contributed by atoms with Crippen molar-refractivity contribution in [1.82, 2.24) is 0 Å². The summed E-state index contributed by atoms with van der Waals surface area (Å²) in [6.45, 7) is 0. The first-order valence-corrected chi connectivity index (χ1v) is 4.90. The zero-order chi connectivity index (χ0) is 9.36. The van der Waals surface area contributed by atoms with Crippen LogP contribution in [0.3, 0.4) is 0 Å². The van der Waals surface area contributed by atoms with Gasteiger partial charge in [0.2, 0.25) is 0 Å². The molecule has 0 atom stereocenters. The van der Waals surface area contributed by atoms with Crippen molar-refractivity contribution in [1.29, 1.82) is 0 Å². The van der Waals surface area contributed by atoms with Crippen molar-refractivity contribution < 1.29 is 17.1 Å². The molecule has 0 N–H and O–H groups in total. The topological polar surface area (TPSA) is 0 Å². The third-order valence-electron chi connectivity index (χ3n) is 1.67. The summed E-state index contributed by atoms with van der Waals surface area (Å²) < 4.78 is 0. The minimum absolute atomic E-state index is 0. The van der Waals surface area contributed by atoms with Crippen molar-refractivity contribution in [3.8, 4) is 0 Å². The molecule has 0 aliphatic heterocycles. The maximum Gasteiger partial charge on any atom is 2.00 e. The Morgan fingerprint density at radius 1 is 1.00 bits per heavy atom. The molecule has 0 spiro atoms. The predicted octanol–water partition coefficient (Wildman–Crippen LogP) is 3.59. The molecule has 2 rings (SSSR count). The third kappa shape index (κ3) is 6.04. The first-order valence-electron chi connectivity index (χ1n) is 4.36. The molecule has 0 aliphatic carbocycles. The Bertz CT molecular complexity index is 254. The normalized spacial score (nSPS) is 8.36. The van der Waals surface area contributed by atoms with E-state index in [2.05, 4.69) is 12.1 Å². The van der Waals surface area contributed by atoms with Crippen LogP contribution in [0.4, 0.5) is 0 Å². The second-order valence-electron chi connectivity index (χ2n) is 2.69. The molecule has 2 aromatic carbocycles. The van der Waals surface area contributed by atoms with Crippen LogP contribution in [0.1, 0.15) is 5.56 Å². The molecule has 0 nitrogen and oxygen atoms in total. The van der Waals surface area contributed by atoms with Crippen molar-refractivity contribution in [2.24, 2.45) is 0 Å². The summed E-state index contributed by atoms with van der Waals surface area (Å²) in [5.74, 6) is 0.726. The summed E-state index contributed by atoms with van der Waals surface area (Å²) in [5, 5.41) is 0. The molecule has 0 aromatic heterocycles. The summed E-state index contributed by atoms with van der Waals surface area (Å²) in [6, 6.07) is 18.2. The van der Waals surface area contributed by atoms with E-state index >= 15 is 0 Å². The number of aryl methyl sites for hydroxylation is 1. The van der Waals surface area contributed by atoms with E-state index in [1.807, 2.05) is 42.5 Å². The van der Waals surface area contributed by atoms with E-state index in [1.54, 1.807) is 0 Å². The van der Waals surface area contributed by atoms with E-state index in [1.165, 1.54) is 5.56 Å². The molecule has 0 bridgehead atoms. The SMILES string of the molecule is ClCC[c-]1cccc1.[Fe+2].c1cc[cH-]c1. The zero-order valence-electron chi connectivity index (χ0n) is 7.84. The Balaban J connectivity index is 0.000000246. The van der Waals surface area contributed by atoms with Gasteiger partial charge in [-0.3, -0.25) is 0 Å². The molecule has 76 valence electrons. The van der Waals surface area contributed by atoms with Gasteiger partial charge in [0.15, 0.2) is 0 Å². The molecule has 0 saturated heterocycles. The number of alkyl halides is 1. The zero-order valence-corrected chi connectivity index (χ0v) is 9.70. The molecule has 14 heavy (non-hydrogen) atoms. The van der Waals surface area contributed by atoms with E-state index < -0.39 is 0 Å². The summed E-state index contributed by atoms with van der Waals surface area (Å²) >= 11 is 5.49. The van der Waals surface area contributed by atoms with Crippen LogP contribution >= 0.6 is 11.6 Å². The molecule has 2 aromatic rings. The van der Waals surface area contributed by atoms with E-state index in [9.17, 15) is 0 Å². The average Bonchev–Trinajstić information content (AvgIpc) is 2.79. The van der Waals surface area contributed by atoms with Gasteiger partial charge in [-0.05, 0) is 0 Å². The number of rotatable bonds is 2. The summed E-state index contributed by atoms with van der Waals surface area (Å²) in [5.41, 5.74) is 1.33. The molecule has 0 saturated carbocycles. The summed E-state index contributed by atoms with van der Waals surface area (Å²) in [7, 11) is 0. The Hall–Kier alpha value is -0.491. The van der Waals surface area contributed by atoms with Crippen molar-refractivity contribution in [2.75, 3.05) is 5.88 Å². The Labute approximate surface area is 101 Å². The van der Waals surface area contributed by atoms with Gasteiger partial charge < -0.3 is 0 Å². The molecule has 0 amide bonds. The van der Waals surface area contributed by atoms with Crippen LogP contribution < -0.4 is 0 Å². The molecule has 0 aliphatic rings. The largest absolute Gasteiger partial charge is 2.00 e. The summed E-state index contributed by atoms with van der Waals surface area (Å²) in [6.07, 6.45) is 0.995. The Morgan fingerprint density at radius 3 is 1.93 bits per heavy atom. The smallest absolute Gasteiger partial charge is 0.214 e. The van der Waals surface area contributed by atoms with Gasteiger partial charge in [-0.2, -0.15) is 35.9 Å². The molecule has 0 fully saturated rings. The van der Waals surface area contributed by atoms with Crippen LogP contribution in [0.5, 0.6) is 0 Å². The second-order valence-corrected chi connectivity index (χ2v) is 3.07. The average molecular weight is 249 g/mol. The number of hydrogen-bond acceptors (Lipinski definition) is 0.